The summed E-state index contributed by atoms with van der Waals surface area (Å²) in [4.78, 5) is 15.3. The van der Waals surface area contributed by atoms with Crippen LogP contribution in [-0.4, -0.2) is 30.6 Å². The predicted octanol–water partition coefficient (Wildman–Crippen LogP) is 1.41. The second kappa shape index (κ2) is 7.01. The van der Waals surface area contributed by atoms with Gasteiger partial charge in [0.2, 0.25) is 0 Å². The standard InChI is InChI=1S/C13H20N2O2/c1-10(13(16)17-3)11(2)15-9-6-12-4-7-14-8-5-12/h4-5,7-8,10-11,15H,6,9H2,1-3H3. The first-order chi connectivity index (χ1) is 8.15. The van der Waals surface area contributed by atoms with E-state index in [1.165, 1.54) is 12.7 Å². The number of ether oxygens (including phenoxy) is 1. The van der Waals surface area contributed by atoms with E-state index in [0.29, 0.717) is 0 Å². The van der Waals surface area contributed by atoms with E-state index in [1.807, 2.05) is 26.0 Å². The van der Waals surface area contributed by atoms with E-state index < -0.39 is 0 Å². The molecule has 0 bridgehead atoms. The molecule has 0 saturated heterocycles. The molecule has 1 N–H and O–H groups in total. The highest BCUT2D eigenvalue weighted by Crippen LogP contribution is 2.05. The van der Waals surface area contributed by atoms with E-state index in [2.05, 4.69) is 10.3 Å². The van der Waals surface area contributed by atoms with Gasteiger partial charge in [-0.2, -0.15) is 0 Å². The molecule has 0 aromatic carbocycles. The third-order valence-electron chi connectivity index (χ3n) is 2.95. The smallest absolute Gasteiger partial charge is 0.309 e. The molecule has 1 rings (SSSR count). The second-order valence-electron chi connectivity index (χ2n) is 4.16. The van der Waals surface area contributed by atoms with Gasteiger partial charge in [0, 0.05) is 18.4 Å². The van der Waals surface area contributed by atoms with Gasteiger partial charge in [-0.3, -0.25) is 9.78 Å². The van der Waals surface area contributed by atoms with Crippen LogP contribution in [0.3, 0.4) is 0 Å². The predicted molar refractivity (Wildman–Crippen MR) is 66.6 cm³/mol. The number of methoxy groups -OCH3 is 1. The van der Waals surface area contributed by atoms with Gasteiger partial charge < -0.3 is 10.1 Å². The van der Waals surface area contributed by atoms with Crippen LogP contribution < -0.4 is 5.32 Å². The number of esters is 1. The zero-order chi connectivity index (χ0) is 12.7. The number of hydrogen-bond acceptors (Lipinski definition) is 4. The Labute approximate surface area is 102 Å². The van der Waals surface area contributed by atoms with E-state index in [1.54, 1.807) is 12.4 Å². The number of carbonyl (C=O) groups is 1. The van der Waals surface area contributed by atoms with Crippen LogP contribution in [0.1, 0.15) is 19.4 Å². The SMILES string of the molecule is COC(=O)C(C)C(C)NCCc1ccncc1. The van der Waals surface area contributed by atoms with Gasteiger partial charge in [0.25, 0.3) is 0 Å². The summed E-state index contributed by atoms with van der Waals surface area (Å²) in [5.41, 5.74) is 1.24. The monoisotopic (exact) mass is 236 g/mol. The number of carbonyl (C=O) groups excluding carboxylic acids is 1. The number of nitrogens with zero attached hydrogens (tertiary/aromatic N) is 1. The Balaban J connectivity index is 2.29. The molecule has 2 atom stereocenters. The fourth-order valence-electron chi connectivity index (χ4n) is 1.56. The minimum atomic E-state index is -0.172. The highest BCUT2D eigenvalue weighted by molar-refractivity contribution is 5.72. The van der Waals surface area contributed by atoms with E-state index in [0.717, 1.165) is 13.0 Å². The van der Waals surface area contributed by atoms with Crippen LogP contribution in [0.4, 0.5) is 0 Å². The lowest BCUT2D eigenvalue weighted by molar-refractivity contribution is -0.145. The van der Waals surface area contributed by atoms with Crippen molar-refractivity contribution >= 4 is 5.97 Å². The van der Waals surface area contributed by atoms with E-state index >= 15 is 0 Å². The Morgan fingerprint density at radius 1 is 1.41 bits per heavy atom. The van der Waals surface area contributed by atoms with Crippen molar-refractivity contribution in [3.63, 3.8) is 0 Å². The number of aromatic nitrogens is 1. The largest absolute Gasteiger partial charge is 0.469 e. The number of pyridine rings is 1. The van der Waals surface area contributed by atoms with Crippen LogP contribution in [0.25, 0.3) is 0 Å². The van der Waals surface area contributed by atoms with E-state index in [9.17, 15) is 4.79 Å². The maximum Gasteiger partial charge on any atom is 0.309 e. The summed E-state index contributed by atoms with van der Waals surface area (Å²) in [6.45, 7) is 4.70. The van der Waals surface area contributed by atoms with Crippen molar-refractivity contribution in [3.8, 4) is 0 Å². The Morgan fingerprint density at radius 3 is 2.65 bits per heavy atom. The molecule has 0 aliphatic rings. The van der Waals surface area contributed by atoms with Crippen LogP contribution >= 0.6 is 0 Å². The van der Waals surface area contributed by atoms with E-state index in [-0.39, 0.29) is 17.9 Å². The lowest BCUT2D eigenvalue weighted by Crippen LogP contribution is -2.37. The quantitative estimate of drug-likeness (QED) is 0.759. The maximum atomic E-state index is 11.3. The summed E-state index contributed by atoms with van der Waals surface area (Å²) in [5, 5.41) is 3.32. The molecule has 4 heteroatoms. The summed E-state index contributed by atoms with van der Waals surface area (Å²) in [6, 6.07) is 4.11. The first kappa shape index (κ1) is 13.6. The third kappa shape index (κ3) is 4.53. The van der Waals surface area contributed by atoms with Crippen LogP contribution in [0.15, 0.2) is 24.5 Å². The molecule has 0 amide bonds. The molecule has 1 aromatic rings. The molecule has 0 spiro atoms. The van der Waals surface area contributed by atoms with Gasteiger partial charge in [-0.05, 0) is 37.6 Å². The Hall–Kier alpha value is -1.42. The average Bonchev–Trinajstić information content (AvgIpc) is 2.38. The highest BCUT2D eigenvalue weighted by Gasteiger charge is 2.19. The maximum absolute atomic E-state index is 11.3. The minimum absolute atomic E-state index is 0.115. The zero-order valence-electron chi connectivity index (χ0n) is 10.6. The molecule has 0 aliphatic heterocycles. The molecular formula is C13H20N2O2. The molecular weight excluding hydrogens is 216 g/mol. The van der Waals surface area contributed by atoms with Gasteiger partial charge in [-0.1, -0.05) is 6.92 Å². The molecule has 4 nitrogen and oxygen atoms in total. The number of nitrogens with one attached hydrogen (secondary N) is 1. The molecule has 0 radical (unpaired) electrons. The Morgan fingerprint density at radius 2 is 2.06 bits per heavy atom. The van der Waals surface area contributed by atoms with Crippen LogP contribution in [0.2, 0.25) is 0 Å². The van der Waals surface area contributed by atoms with Gasteiger partial charge in [0.15, 0.2) is 0 Å². The number of rotatable bonds is 6. The Bertz CT molecular complexity index is 341. The summed E-state index contributed by atoms with van der Waals surface area (Å²) in [6.07, 6.45) is 4.51. The highest BCUT2D eigenvalue weighted by atomic mass is 16.5. The van der Waals surface area contributed by atoms with Crippen LogP contribution in [0, 0.1) is 5.92 Å². The van der Waals surface area contributed by atoms with Crippen molar-refractivity contribution in [2.75, 3.05) is 13.7 Å². The molecule has 94 valence electrons. The van der Waals surface area contributed by atoms with E-state index in [4.69, 9.17) is 4.74 Å². The first-order valence-electron chi connectivity index (χ1n) is 5.85. The Kier molecular flexibility index (Phi) is 5.63. The van der Waals surface area contributed by atoms with Gasteiger partial charge in [-0.25, -0.2) is 0 Å². The fraction of sp³-hybridized carbons (Fsp3) is 0.538. The summed E-state index contributed by atoms with van der Waals surface area (Å²) in [7, 11) is 1.42. The van der Waals surface area contributed by atoms with Crippen LogP contribution in [-0.2, 0) is 16.0 Å². The fourth-order valence-corrected chi connectivity index (χ4v) is 1.56. The first-order valence-corrected chi connectivity index (χ1v) is 5.85. The van der Waals surface area contributed by atoms with Crippen LogP contribution in [0.5, 0.6) is 0 Å². The molecule has 0 fully saturated rings. The average molecular weight is 236 g/mol. The van der Waals surface area contributed by atoms with Crippen molar-refractivity contribution in [2.24, 2.45) is 5.92 Å². The second-order valence-corrected chi connectivity index (χ2v) is 4.16. The van der Waals surface area contributed by atoms with Crippen molar-refractivity contribution in [1.82, 2.24) is 10.3 Å². The van der Waals surface area contributed by atoms with Gasteiger partial charge >= 0.3 is 5.97 Å². The van der Waals surface area contributed by atoms with Crippen molar-refractivity contribution in [2.45, 2.75) is 26.3 Å². The lowest BCUT2D eigenvalue weighted by Gasteiger charge is -2.19. The summed E-state index contributed by atoms with van der Waals surface area (Å²) < 4.78 is 4.71. The topological polar surface area (TPSA) is 51.2 Å². The van der Waals surface area contributed by atoms with Crippen molar-refractivity contribution in [3.05, 3.63) is 30.1 Å². The molecule has 1 aromatic heterocycles. The lowest BCUT2D eigenvalue weighted by atomic mass is 10.0. The van der Waals surface area contributed by atoms with Crippen molar-refractivity contribution < 1.29 is 9.53 Å². The molecule has 0 saturated carbocycles. The number of hydrogen-bond donors (Lipinski definition) is 1. The molecule has 2 unspecified atom stereocenters. The normalized spacial score (nSPS) is 14.1. The van der Waals surface area contributed by atoms with Gasteiger partial charge in [0.05, 0.1) is 13.0 Å². The zero-order valence-corrected chi connectivity index (χ0v) is 10.6. The minimum Gasteiger partial charge on any atom is -0.469 e. The molecule has 1 heterocycles. The van der Waals surface area contributed by atoms with Gasteiger partial charge in [0.1, 0.15) is 0 Å². The van der Waals surface area contributed by atoms with Gasteiger partial charge in [-0.15, -0.1) is 0 Å². The molecule has 0 aliphatic carbocycles. The summed E-state index contributed by atoms with van der Waals surface area (Å²) >= 11 is 0. The molecule has 17 heavy (non-hydrogen) atoms. The summed E-state index contributed by atoms with van der Waals surface area (Å²) in [5.74, 6) is -0.300. The van der Waals surface area contributed by atoms with Crippen molar-refractivity contribution in [1.29, 1.82) is 0 Å². The third-order valence-corrected chi connectivity index (χ3v) is 2.95.